The average Bonchev–Trinajstić information content (AvgIpc) is 2.34. The largest absolute Gasteiger partial charge is 0.507 e. The molecule has 0 aliphatic heterocycles. The Morgan fingerprint density at radius 2 is 1.50 bits per heavy atom. The van der Waals surface area contributed by atoms with Crippen molar-refractivity contribution < 1.29 is 10.2 Å². The summed E-state index contributed by atoms with van der Waals surface area (Å²) in [6.07, 6.45) is -1.03. The van der Waals surface area contributed by atoms with Crippen molar-refractivity contribution in [3.05, 3.63) is 34.4 Å². The maximum Gasteiger partial charge on any atom is 0.126 e. The number of allylic oxidation sites excluding steroid dienone is 1. The minimum absolute atomic E-state index is 0.0396. The zero-order valence-electron chi connectivity index (χ0n) is 16.8. The molecule has 136 valence electrons. The molecule has 1 aromatic carbocycles. The molecule has 4 N–H and O–H groups in total. The van der Waals surface area contributed by atoms with Crippen LogP contribution in [0.2, 0.25) is 0 Å². The van der Waals surface area contributed by atoms with E-state index >= 15 is 0 Å². The predicted molar refractivity (Wildman–Crippen MR) is 103 cm³/mol. The molecular formula is C21H35NO2. The quantitative estimate of drug-likeness (QED) is 0.703. The Morgan fingerprint density at radius 3 is 1.83 bits per heavy atom. The fourth-order valence-corrected chi connectivity index (χ4v) is 3.08. The predicted octanol–water partition coefficient (Wildman–Crippen LogP) is 4.69. The molecule has 0 amide bonds. The summed E-state index contributed by atoms with van der Waals surface area (Å²) < 4.78 is 0. The minimum Gasteiger partial charge on any atom is -0.507 e. The topological polar surface area (TPSA) is 66.5 Å². The number of aliphatic hydroxyl groups excluding tert-OH is 1. The number of phenolic OH excluding ortho intramolecular Hbond substituents is 1. The molecule has 0 fully saturated rings. The van der Waals surface area contributed by atoms with Crippen molar-refractivity contribution in [2.24, 2.45) is 11.7 Å². The summed E-state index contributed by atoms with van der Waals surface area (Å²) in [6, 6.07) is 4.13. The fourth-order valence-electron chi connectivity index (χ4n) is 3.08. The van der Waals surface area contributed by atoms with Crippen molar-refractivity contribution in [2.45, 2.75) is 79.4 Å². The van der Waals surface area contributed by atoms with Crippen LogP contribution in [0.1, 0.15) is 79.0 Å². The third-order valence-electron chi connectivity index (χ3n) is 4.56. The number of aromatic hydroxyl groups is 1. The second-order valence-electron chi connectivity index (χ2n) is 9.10. The van der Waals surface area contributed by atoms with E-state index in [-0.39, 0.29) is 22.5 Å². The molecule has 0 heterocycles. The summed E-state index contributed by atoms with van der Waals surface area (Å²) >= 11 is 0. The van der Waals surface area contributed by atoms with Gasteiger partial charge in [0.15, 0.2) is 0 Å². The highest BCUT2D eigenvalue weighted by atomic mass is 16.3. The van der Waals surface area contributed by atoms with E-state index in [0.29, 0.717) is 0 Å². The first-order chi connectivity index (χ1) is 10.7. The van der Waals surface area contributed by atoms with Crippen LogP contribution in [0, 0.1) is 5.92 Å². The van der Waals surface area contributed by atoms with Crippen LogP contribution in [-0.4, -0.2) is 16.4 Å². The van der Waals surface area contributed by atoms with Crippen LogP contribution in [-0.2, 0) is 10.8 Å². The first kappa shape index (κ1) is 20.7. The van der Waals surface area contributed by atoms with E-state index in [2.05, 4.69) is 47.6 Å². The lowest BCUT2D eigenvalue weighted by molar-refractivity contribution is 0.208. The van der Waals surface area contributed by atoms with E-state index in [1.807, 2.05) is 26.8 Å². The Labute approximate surface area is 147 Å². The Morgan fingerprint density at radius 1 is 1.00 bits per heavy atom. The lowest BCUT2D eigenvalue weighted by Gasteiger charge is -2.29. The average molecular weight is 334 g/mol. The molecule has 0 radical (unpaired) electrons. The lowest BCUT2D eigenvalue weighted by atomic mass is 9.77. The second-order valence-corrected chi connectivity index (χ2v) is 9.10. The van der Waals surface area contributed by atoms with Gasteiger partial charge in [0.1, 0.15) is 12.0 Å². The minimum atomic E-state index is -1.03. The van der Waals surface area contributed by atoms with Gasteiger partial charge in [-0.3, -0.25) is 0 Å². The van der Waals surface area contributed by atoms with Gasteiger partial charge in [0, 0.05) is 11.1 Å². The van der Waals surface area contributed by atoms with Crippen molar-refractivity contribution in [1.29, 1.82) is 0 Å². The second kappa shape index (κ2) is 6.89. The van der Waals surface area contributed by atoms with Gasteiger partial charge < -0.3 is 15.9 Å². The zero-order chi connectivity index (χ0) is 19.0. The Bertz CT molecular complexity index is 616. The van der Waals surface area contributed by atoms with E-state index < -0.39 is 6.23 Å². The molecule has 0 saturated heterocycles. The van der Waals surface area contributed by atoms with E-state index in [1.165, 1.54) is 0 Å². The van der Waals surface area contributed by atoms with Crippen LogP contribution in [0.4, 0.5) is 0 Å². The number of hydrogen-bond acceptors (Lipinski definition) is 3. The molecule has 0 aliphatic rings. The molecule has 3 heteroatoms. The van der Waals surface area contributed by atoms with Crippen LogP contribution in [0.15, 0.2) is 17.7 Å². The summed E-state index contributed by atoms with van der Waals surface area (Å²) in [5.41, 5.74) is 10.0. The van der Waals surface area contributed by atoms with Crippen LogP contribution < -0.4 is 5.73 Å². The van der Waals surface area contributed by atoms with Crippen LogP contribution in [0.25, 0.3) is 5.57 Å². The molecule has 0 aliphatic carbocycles. The summed E-state index contributed by atoms with van der Waals surface area (Å²) in [6.45, 7) is 18.7. The van der Waals surface area contributed by atoms with Gasteiger partial charge in [0.05, 0.1) is 0 Å². The van der Waals surface area contributed by atoms with Crippen LogP contribution in [0.3, 0.4) is 0 Å². The number of nitrogens with two attached hydrogens (primary N) is 1. The molecule has 0 saturated carbocycles. The number of phenols is 1. The molecule has 24 heavy (non-hydrogen) atoms. The van der Waals surface area contributed by atoms with Crippen molar-refractivity contribution >= 4 is 5.57 Å². The lowest BCUT2D eigenvalue weighted by Crippen LogP contribution is -2.26. The molecule has 0 aromatic heterocycles. The van der Waals surface area contributed by atoms with Gasteiger partial charge in [0.25, 0.3) is 0 Å². The number of hydrogen-bond donors (Lipinski definition) is 3. The highest BCUT2D eigenvalue weighted by Gasteiger charge is 2.26. The van der Waals surface area contributed by atoms with Crippen LogP contribution in [0.5, 0.6) is 5.75 Å². The van der Waals surface area contributed by atoms with Gasteiger partial charge in [-0.05, 0) is 46.4 Å². The van der Waals surface area contributed by atoms with Crippen molar-refractivity contribution in [1.82, 2.24) is 0 Å². The summed E-state index contributed by atoms with van der Waals surface area (Å²) in [5.74, 6) is 0.382. The van der Waals surface area contributed by atoms with Crippen molar-refractivity contribution in [2.75, 3.05) is 0 Å². The van der Waals surface area contributed by atoms with Crippen molar-refractivity contribution in [3.63, 3.8) is 0 Å². The first-order valence-corrected chi connectivity index (χ1v) is 8.70. The van der Waals surface area contributed by atoms with Gasteiger partial charge in [0.2, 0.25) is 0 Å². The highest BCUT2D eigenvalue weighted by Crippen LogP contribution is 2.41. The fraction of sp³-hybridized carbons (Fsp3) is 0.619. The number of rotatable bonds is 3. The van der Waals surface area contributed by atoms with E-state index in [1.54, 1.807) is 0 Å². The monoisotopic (exact) mass is 333 g/mol. The molecule has 1 aromatic rings. The molecule has 0 spiro atoms. The molecule has 0 unspecified atom stereocenters. The Kier molecular flexibility index (Phi) is 5.95. The van der Waals surface area contributed by atoms with Gasteiger partial charge in [-0.1, -0.05) is 61.5 Å². The van der Waals surface area contributed by atoms with Gasteiger partial charge in [-0.25, -0.2) is 0 Å². The summed E-state index contributed by atoms with van der Waals surface area (Å²) in [7, 11) is 0. The molecule has 1 atom stereocenters. The van der Waals surface area contributed by atoms with E-state index in [4.69, 9.17) is 5.73 Å². The number of aliphatic hydroxyl groups is 1. The molecular weight excluding hydrogens is 298 g/mol. The van der Waals surface area contributed by atoms with E-state index in [0.717, 1.165) is 27.8 Å². The van der Waals surface area contributed by atoms with E-state index in [9.17, 15) is 10.2 Å². The van der Waals surface area contributed by atoms with Gasteiger partial charge in [-0.2, -0.15) is 0 Å². The summed E-state index contributed by atoms with van der Waals surface area (Å²) in [4.78, 5) is 0. The van der Waals surface area contributed by atoms with Crippen LogP contribution >= 0.6 is 0 Å². The smallest absolute Gasteiger partial charge is 0.126 e. The standard InChI is InChI=1S/C21H35NO2/c1-12(2)17(19(22)24)13(3)15-10-14(20(4,5)6)11-16(18(15)23)21(7,8)9/h10-12,19,23-24H,22H2,1-9H3/t19-/m0/s1. The van der Waals surface area contributed by atoms with Gasteiger partial charge in [-0.15, -0.1) is 0 Å². The molecule has 0 bridgehead atoms. The highest BCUT2D eigenvalue weighted by molar-refractivity contribution is 5.74. The number of benzene rings is 1. The maximum absolute atomic E-state index is 10.9. The third kappa shape index (κ3) is 4.40. The van der Waals surface area contributed by atoms with Gasteiger partial charge >= 0.3 is 0 Å². The molecule has 3 nitrogen and oxygen atoms in total. The normalized spacial score (nSPS) is 15.5. The third-order valence-corrected chi connectivity index (χ3v) is 4.56. The SMILES string of the molecule is CC(=C(C(C)C)[C@@H](N)O)c1cc(C(C)(C)C)cc(C(C)(C)C)c1O. The van der Waals surface area contributed by atoms with Crippen molar-refractivity contribution in [3.8, 4) is 5.75 Å². The first-order valence-electron chi connectivity index (χ1n) is 8.70. The molecule has 1 rings (SSSR count). The zero-order valence-corrected chi connectivity index (χ0v) is 16.8. The summed E-state index contributed by atoms with van der Waals surface area (Å²) in [5, 5.41) is 20.9. The Hall–Kier alpha value is -1.32. The Balaban J connectivity index is 3.85. The maximum atomic E-state index is 10.9.